The minimum atomic E-state index is -0.695. The van der Waals surface area contributed by atoms with Gasteiger partial charge in [0.05, 0.1) is 17.6 Å². The number of nitrogens with one attached hydrogen (secondary N) is 2. The molecule has 0 aromatic carbocycles. The summed E-state index contributed by atoms with van der Waals surface area (Å²) in [4.78, 5) is 19.2. The second-order valence-electron chi connectivity index (χ2n) is 11.2. The topological polar surface area (TPSA) is 94.4 Å². The van der Waals surface area contributed by atoms with Crippen LogP contribution in [0.3, 0.4) is 0 Å². The van der Waals surface area contributed by atoms with E-state index in [1.807, 2.05) is 24.5 Å². The molecule has 9 heteroatoms. The van der Waals surface area contributed by atoms with Crippen molar-refractivity contribution in [3.05, 3.63) is 36.3 Å². The van der Waals surface area contributed by atoms with Crippen LogP contribution in [-0.4, -0.2) is 67.8 Å². The van der Waals surface area contributed by atoms with Crippen molar-refractivity contribution in [3.63, 3.8) is 0 Å². The van der Waals surface area contributed by atoms with E-state index in [1.54, 1.807) is 0 Å². The fourth-order valence-electron chi connectivity index (χ4n) is 5.96. The largest absolute Gasteiger partial charge is 0.373 e. The first-order valence-corrected chi connectivity index (χ1v) is 14.1. The van der Waals surface area contributed by atoms with Crippen molar-refractivity contribution in [2.45, 2.75) is 77.2 Å². The first kappa shape index (κ1) is 24.6. The molecule has 3 atom stereocenters. The molecule has 2 fully saturated rings. The molecule has 1 saturated heterocycles. The van der Waals surface area contributed by atoms with Gasteiger partial charge in [-0.1, -0.05) is 12.8 Å². The molecule has 0 amide bonds. The normalized spacial score (nSPS) is 25.7. The molecule has 1 aliphatic carbocycles. The number of hydrogen-bond acceptors (Lipinski definition) is 8. The molecule has 3 unspecified atom stereocenters. The van der Waals surface area contributed by atoms with Gasteiger partial charge in [0.2, 0.25) is 5.95 Å². The van der Waals surface area contributed by atoms with Gasteiger partial charge >= 0.3 is 0 Å². The van der Waals surface area contributed by atoms with Crippen LogP contribution in [0.4, 0.5) is 17.5 Å². The van der Waals surface area contributed by atoms with Crippen LogP contribution in [0.25, 0.3) is 11.0 Å². The third-order valence-electron chi connectivity index (χ3n) is 8.21. The summed E-state index contributed by atoms with van der Waals surface area (Å²) in [5.41, 5.74) is 2.86. The van der Waals surface area contributed by atoms with Crippen LogP contribution in [0, 0.1) is 5.92 Å². The molecular weight excluding hydrogens is 464 g/mol. The minimum absolute atomic E-state index is 0.518. The van der Waals surface area contributed by atoms with E-state index >= 15 is 0 Å². The van der Waals surface area contributed by atoms with Gasteiger partial charge in [0.1, 0.15) is 17.7 Å². The fourth-order valence-corrected chi connectivity index (χ4v) is 5.96. The summed E-state index contributed by atoms with van der Waals surface area (Å²) in [6.45, 7) is 9.68. The van der Waals surface area contributed by atoms with Crippen molar-refractivity contribution in [2.24, 2.45) is 5.92 Å². The summed E-state index contributed by atoms with van der Waals surface area (Å²) in [6.07, 6.45) is 10.4. The number of aliphatic hydroxyl groups is 1. The lowest BCUT2D eigenvalue weighted by Crippen LogP contribution is -2.57. The zero-order valence-electron chi connectivity index (χ0n) is 22.1. The molecule has 0 radical (unpaired) electrons. The van der Waals surface area contributed by atoms with E-state index in [0.29, 0.717) is 18.0 Å². The van der Waals surface area contributed by atoms with Gasteiger partial charge in [-0.15, -0.1) is 0 Å². The van der Waals surface area contributed by atoms with Crippen LogP contribution >= 0.6 is 0 Å². The van der Waals surface area contributed by atoms with Gasteiger partial charge in [0.15, 0.2) is 0 Å². The molecule has 0 bridgehead atoms. The number of rotatable bonds is 5. The summed E-state index contributed by atoms with van der Waals surface area (Å²) in [5.74, 6) is 2.17. The van der Waals surface area contributed by atoms with E-state index in [0.717, 1.165) is 73.2 Å². The Morgan fingerprint density at radius 2 is 1.84 bits per heavy atom. The third-order valence-corrected chi connectivity index (χ3v) is 8.21. The molecular formula is C28H40N8O. The number of aliphatic hydroxyl groups excluding tert-OH is 1. The second-order valence-corrected chi connectivity index (χ2v) is 11.2. The number of nitrogens with zero attached hydrogens (tertiary/aromatic N) is 6. The highest BCUT2D eigenvalue weighted by Crippen LogP contribution is 2.33. The molecule has 6 rings (SSSR count). The van der Waals surface area contributed by atoms with Crippen molar-refractivity contribution in [1.29, 1.82) is 0 Å². The molecule has 3 aliphatic rings. The first-order valence-electron chi connectivity index (χ1n) is 14.1. The molecule has 3 aromatic rings. The first-order chi connectivity index (χ1) is 18.0. The number of aryl methyl sites for hydroxylation is 1. The van der Waals surface area contributed by atoms with Gasteiger partial charge < -0.3 is 19.9 Å². The highest BCUT2D eigenvalue weighted by Gasteiger charge is 2.34. The van der Waals surface area contributed by atoms with Gasteiger partial charge in [-0.25, -0.2) is 9.97 Å². The zero-order valence-corrected chi connectivity index (χ0v) is 22.1. The van der Waals surface area contributed by atoms with E-state index in [9.17, 15) is 5.11 Å². The van der Waals surface area contributed by atoms with Gasteiger partial charge in [-0.05, 0) is 70.2 Å². The molecule has 9 nitrogen and oxygen atoms in total. The number of anilines is 3. The van der Waals surface area contributed by atoms with Crippen LogP contribution in [0.5, 0.6) is 0 Å². The maximum Gasteiger partial charge on any atom is 0.230 e. The van der Waals surface area contributed by atoms with Crippen LogP contribution in [0.2, 0.25) is 0 Å². The molecule has 3 aromatic heterocycles. The molecule has 198 valence electrons. The smallest absolute Gasteiger partial charge is 0.230 e. The molecule has 1 saturated carbocycles. The van der Waals surface area contributed by atoms with Crippen LogP contribution in [0.15, 0.2) is 30.6 Å². The average molecular weight is 505 g/mol. The SMILES string of the molecule is CC1CN(c2ccc(Nc3ncc4cc5n(c4n3)CCCCCCNC5O)nc2)CC(C)N1CC1CC1. The Bertz CT molecular complexity index is 1190. The molecule has 3 N–H and O–H groups in total. The predicted molar refractivity (Wildman–Crippen MR) is 147 cm³/mol. The number of hydrogen-bond donors (Lipinski definition) is 3. The minimum Gasteiger partial charge on any atom is -0.373 e. The number of piperazine rings is 1. The van der Waals surface area contributed by atoms with Crippen LogP contribution in [-0.2, 0) is 6.54 Å². The third kappa shape index (κ3) is 5.44. The maximum atomic E-state index is 10.7. The Balaban J connectivity index is 1.16. The lowest BCUT2D eigenvalue weighted by molar-refractivity contribution is 0.125. The van der Waals surface area contributed by atoms with Gasteiger partial charge in [0.25, 0.3) is 0 Å². The fraction of sp³-hybridized carbons (Fsp3) is 0.607. The lowest BCUT2D eigenvalue weighted by Gasteiger charge is -2.45. The summed E-state index contributed by atoms with van der Waals surface area (Å²) < 4.78 is 2.13. The van der Waals surface area contributed by atoms with Crippen molar-refractivity contribution >= 4 is 28.5 Å². The summed E-state index contributed by atoms with van der Waals surface area (Å²) in [5, 5.41) is 18.2. The van der Waals surface area contributed by atoms with E-state index in [1.165, 1.54) is 32.2 Å². The van der Waals surface area contributed by atoms with Crippen LogP contribution < -0.4 is 15.5 Å². The van der Waals surface area contributed by atoms with Crippen molar-refractivity contribution < 1.29 is 5.11 Å². The van der Waals surface area contributed by atoms with Crippen molar-refractivity contribution in [2.75, 3.05) is 36.4 Å². The van der Waals surface area contributed by atoms with Gasteiger partial charge in [0, 0.05) is 49.8 Å². The monoisotopic (exact) mass is 504 g/mol. The lowest BCUT2D eigenvalue weighted by atomic mass is 10.1. The predicted octanol–water partition coefficient (Wildman–Crippen LogP) is 4.03. The summed E-state index contributed by atoms with van der Waals surface area (Å²) in [6, 6.07) is 7.25. The Hall–Kier alpha value is -2.75. The molecule has 2 aliphatic heterocycles. The van der Waals surface area contributed by atoms with E-state index in [4.69, 9.17) is 9.97 Å². The Kier molecular flexibility index (Phi) is 7.01. The second kappa shape index (κ2) is 10.6. The summed E-state index contributed by atoms with van der Waals surface area (Å²) in [7, 11) is 0. The van der Waals surface area contributed by atoms with E-state index < -0.39 is 6.23 Å². The van der Waals surface area contributed by atoms with Crippen molar-refractivity contribution in [1.82, 2.24) is 29.7 Å². The number of pyridine rings is 1. The zero-order chi connectivity index (χ0) is 25.4. The summed E-state index contributed by atoms with van der Waals surface area (Å²) >= 11 is 0. The average Bonchev–Trinajstić information content (AvgIpc) is 3.65. The maximum absolute atomic E-state index is 10.7. The van der Waals surface area contributed by atoms with E-state index in [2.05, 4.69) is 49.9 Å². The number of fused-ring (bicyclic) bond motifs is 3. The molecule has 5 heterocycles. The Morgan fingerprint density at radius 1 is 1.03 bits per heavy atom. The van der Waals surface area contributed by atoms with Crippen molar-refractivity contribution in [3.8, 4) is 0 Å². The van der Waals surface area contributed by atoms with Gasteiger partial charge in [-0.2, -0.15) is 4.98 Å². The highest BCUT2D eigenvalue weighted by molar-refractivity contribution is 5.78. The Morgan fingerprint density at radius 3 is 2.59 bits per heavy atom. The molecule has 0 spiro atoms. The molecule has 37 heavy (non-hydrogen) atoms. The number of aromatic nitrogens is 4. The highest BCUT2D eigenvalue weighted by atomic mass is 16.3. The van der Waals surface area contributed by atoms with Gasteiger partial charge in [-0.3, -0.25) is 10.2 Å². The van der Waals surface area contributed by atoms with E-state index in [-0.39, 0.29) is 0 Å². The Labute approximate surface area is 219 Å². The quantitative estimate of drug-likeness (QED) is 0.480. The standard InChI is InChI=1S/C28H40N8O/c1-19-16-34(17-20(2)36(19)18-21-7-8-21)23-9-10-25(30-15-23)32-28-31-14-22-13-24-27(37)29-11-5-3-4-6-12-35(24)26(22)33-28/h9-10,13-15,19-21,27,29,37H,3-8,11-12,16-18H2,1-2H3,(H,30,31,32,33). The van der Waals surface area contributed by atoms with Crippen LogP contribution in [0.1, 0.15) is 64.3 Å².